The molecule has 0 saturated carbocycles. The summed E-state index contributed by atoms with van der Waals surface area (Å²) in [7, 11) is 0. The van der Waals surface area contributed by atoms with Crippen LogP contribution in [0.15, 0.2) is 18.2 Å². The summed E-state index contributed by atoms with van der Waals surface area (Å²) in [6.07, 6.45) is 1.47. The molecule has 6 heteroatoms. The minimum atomic E-state index is -0.513. The van der Waals surface area contributed by atoms with E-state index >= 15 is 0 Å². The molecule has 0 spiro atoms. The fourth-order valence-corrected chi connectivity index (χ4v) is 2.82. The molecule has 114 valence electrons. The first kappa shape index (κ1) is 16.1. The third-order valence-corrected chi connectivity index (χ3v) is 4.55. The highest BCUT2D eigenvalue weighted by Gasteiger charge is 2.37. The summed E-state index contributed by atoms with van der Waals surface area (Å²) >= 11 is 12.2. The van der Waals surface area contributed by atoms with E-state index in [9.17, 15) is 9.59 Å². The highest BCUT2D eigenvalue weighted by atomic mass is 35.5. The van der Waals surface area contributed by atoms with Gasteiger partial charge in [0.15, 0.2) is 0 Å². The van der Waals surface area contributed by atoms with Gasteiger partial charge in [-0.25, -0.2) is 0 Å². The van der Waals surface area contributed by atoms with E-state index in [0.29, 0.717) is 16.5 Å². The molecule has 1 fully saturated rings. The van der Waals surface area contributed by atoms with Gasteiger partial charge in [0, 0.05) is 6.54 Å². The predicted octanol–water partition coefficient (Wildman–Crippen LogP) is 3.01. The number of piperazine rings is 1. The summed E-state index contributed by atoms with van der Waals surface area (Å²) in [5, 5.41) is 3.64. The Morgan fingerprint density at radius 3 is 2.67 bits per heavy atom. The highest BCUT2D eigenvalue weighted by molar-refractivity contribution is 6.42. The molecular formula is C15H18Cl2N2O2. The van der Waals surface area contributed by atoms with Crippen molar-refractivity contribution in [3.8, 4) is 0 Å². The quantitative estimate of drug-likeness (QED) is 0.923. The van der Waals surface area contributed by atoms with E-state index in [0.717, 1.165) is 12.0 Å². The van der Waals surface area contributed by atoms with E-state index in [1.165, 1.54) is 0 Å². The Morgan fingerprint density at radius 1 is 1.29 bits per heavy atom. The number of rotatable bonds is 4. The van der Waals surface area contributed by atoms with E-state index < -0.39 is 12.1 Å². The Hall–Kier alpha value is -1.26. The maximum absolute atomic E-state index is 12.5. The number of benzene rings is 1. The number of carbonyl (C=O) groups is 2. The summed E-state index contributed by atoms with van der Waals surface area (Å²) in [6, 6.07) is 4.33. The number of nitrogens with one attached hydrogen (secondary N) is 1. The Kier molecular flexibility index (Phi) is 5.12. The number of halogens is 2. The van der Waals surface area contributed by atoms with Crippen molar-refractivity contribution in [3.05, 3.63) is 33.8 Å². The van der Waals surface area contributed by atoms with Gasteiger partial charge >= 0.3 is 0 Å². The fourth-order valence-electron chi connectivity index (χ4n) is 2.44. The lowest BCUT2D eigenvalue weighted by molar-refractivity contribution is -0.149. The van der Waals surface area contributed by atoms with Crippen LogP contribution in [0.5, 0.6) is 0 Å². The summed E-state index contributed by atoms with van der Waals surface area (Å²) < 4.78 is 0. The molecule has 0 aromatic heterocycles. The van der Waals surface area contributed by atoms with Crippen LogP contribution in [-0.4, -0.2) is 28.8 Å². The zero-order valence-electron chi connectivity index (χ0n) is 12.0. The van der Waals surface area contributed by atoms with E-state index in [2.05, 4.69) is 5.32 Å². The van der Waals surface area contributed by atoms with Gasteiger partial charge in [-0.05, 0) is 25.0 Å². The number of amides is 2. The van der Waals surface area contributed by atoms with Crippen LogP contribution >= 0.6 is 23.2 Å². The molecule has 2 rings (SSSR count). The zero-order valence-corrected chi connectivity index (χ0v) is 13.5. The molecule has 1 aliphatic rings. The molecular weight excluding hydrogens is 311 g/mol. The zero-order chi connectivity index (χ0) is 15.6. The van der Waals surface area contributed by atoms with E-state index in [4.69, 9.17) is 23.2 Å². The molecule has 4 nitrogen and oxygen atoms in total. The molecule has 0 bridgehead atoms. The number of nitrogens with zero attached hydrogens (tertiary/aromatic N) is 1. The highest BCUT2D eigenvalue weighted by Crippen LogP contribution is 2.28. The predicted molar refractivity (Wildman–Crippen MR) is 83.3 cm³/mol. The SMILES string of the molecule is CCCC1NC(=O)C(C)N(Cc2cccc(Cl)c2Cl)C1=O. The third-order valence-electron chi connectivity index (χ3n) is 3.69. The number of carbonyl (C=O) groups excluding carboxylic acids is 2. The normalized spacial score (nSPS) is 22.4. The van der Waals surface area contributed by atoms with Crippen molar-refractivity contribution in [2.24, 2.45) is 0 Å². The van der Waals surface area contributed by atoms with Gasteiger partial charge in [-0.15, -0.1) is 0 Å². The van der Waals surface area contributed by atoms with Gasteiger partial charge < -0.3 is 10.2 Å². The number of hydrogen-bond acceptors (Lipinski definition) is 2. The second kappa shape index (κ2) is 6.67. The lowest BCUT2D eigenvalue weighted by atomic mass is 10.0. The lowest BCUT2D eigenvalue weighted by Gasteiger charge is -2.37. The average molecular weight is 329 g/mol. The molecule has 21 heavy (non-hydrogen) atoms. The van der Waals surface area contributed by atoms with Crippen LogP contribution in [0.1, 0.15) is 32.3 Å². The smallest absolute Gasteiger partial charge is 0.246 e. The second-order valence-corrected chi connectivity index (χ2v) is 5.99. The van der Waals surface area contributed by atoms with Crippen molar-refractivity contribution in [2.45, 2.75) is 45.3 Å². The molecule has 1 heterocycles. The van der Waals surface area contributed by atoms with Crippen molar-refractivity contribution in [1.82, 2.24) is 10.2 Å². The first-order chi connectivity index (χ1) is 9.95. The first-order valence-electron chi connectivity index (χ1n) is 6.99. The monoisotopic (exact) mass is 328 g/mol. The lowest BCUT2D eigenvalue weighted by Crippen LogP contribution is -2.61. The Balaban J connectivity index is 2.25. The van der Waals surface area contributed by atoms with Crippen molar-refractivity contribution in [2.75, 3.05) is 0 Å². The Bertz CT molecular complexity index is 563. The number of hydrogen-bond donors (Lipinski definition) is 1. The fraction of sp³-hybridized carbons (Fsp3) is 0.467. The topological polar surface area (TPSA) is 49.4 Å². The molecule has 1 N–H and O–H groups in total. The molecule has 2 amide bonds. The second-order valence-electron chi connectivity index (χ2n) is 5.20. The standard InChI is InChI=1S/C15H18Cl2N2O2/c1-3-5-12-15(21)19(9(2)14(20)18-12)8-10-6-4-7-11(16)13(10)17/h4,6-7,9,12H,3,5,8H2,1-2H3,(H,18,20). The molecule has 2 unspecified atom stereocenters. The van der Waals surface area contributed by atoms with Crippen molar-refractivity contribution < 1.29 is 9.59 Å². The largest absolute Gasteiger partial charge is 0.343 e. The minimum absolute atomic E-state index is 0.0695. The van der Waals surface area contributed by atoms with Gasteiger partial charge in [0.1, 0.15) is 12.1 Å². The third kappa shape index (κ3) is 3.33. The van der Waals surface area contributed by atoms with Crippen LogP contribution in [0, 0.1) is 0 Å². The molecule has 1 saturated heterocycles. The van der Waals surface area contributed by atoms with Crippen LogP contribution in [-0.2, 0) is 16.1 Å². The average Bonchev–Trinajstić information content (AvgIpc) is 2.45. The molecule has 0 radical (unpaired) electrons. The van der Waals surface area contributed by atoms with Gasteiger partial charge in [-0.1, -0.05) is 48.7 Å². The van der Waals surface area contributed by atoms with E-state index in [1.807, 2.05) is 13.0 Å². The summed E-state index contributed by atoms with van der Waals surface area (Å²) in [5.41, 5.74) is 0.745. The van der Waals surface area contributed by atoms with Crippen LogP contribution in [0.3, 0.4) is 0 Å². The summed E-state index contributed by atoms with van der Waals surface area (Å²) in [6.45, 7) is 3.98. The van der Waals surface area contributed by atoms with Gasteiger partial charge in [0.2, 0.25) is 11.8 Å². The maximum atomic E-state index is 12.5. The van der Waals surface area contributed by atoms with Gasteiger partial charge in [0.25, 0.3) is 0 Å². The van der Waals surface area contributed by atoms with Crippen LogP contribution < -0.4 is 5.32 Å². The summed E-state index contributed by atoms with van der Waals surface area (Å²) in [4.78, 5) is 26.1. The van der Waals surface area contributed by atoms with Crippen LogP contribution in [0.4, 0.5) is 0 Å². The van der Waals surface area contributed by atoms with Crippen molar-refractivity contribution in [1.29, 1.82) is 0 Å². The molecule has 2 atom stereocenters. The summed E-state index contributed by atoms with van der Waals surface area (Å²) in [5.74, 6) is -0.203. The molecule has 0 aliphatic carbocycles. The minimum Gasteiger partial charge on any atom is -0.343 e. The molecule has 1 aromatic carbocycles. The van der Waals surface area contributed by atoms with Gasteiger partial charge in [-0.3, -0.25) is 9.59 Å². The van der Waals surface area contributed by atoms with Gasteiger partial charge in [-0.2, -0.15) is 0 Å². The van der Waals surface area contributed by atoms with Crippen LogP contribution in [0.25, 0.3) is 0 Å². The maximum Gasteiger partial charge on any atom is 0.246 e. The van der Waals surface area contributed by atoms with Crippen LogP contribution in [0.2, 0.25) is 10.0 Å². The van der Waals surface area contributed by atoms with Gasteiger partial charge in [0.05, 0.1) is 10.0 Å². The Labute approximate surface area is 134 Å². The Morgan fingerprint density at radius 2 is 2.00 bits per heavy atom. The first-order valence-corrected chi connectivity index (χ1v) is 7.75. The van der Waals surface area contributed by atoms with Crippen molar-refractivity contribution in [3.63, 3.8) is 0 Å². The molecule has 1 aliphatic heterocycles. The molecule has 1 aromatic rings. The van der Waals surface area contributed by atoms with E-state index in [1.54, 1.807) is 24.0 Å². The van der Waals surface area contributed by atoms with Crippen molar-refractivity contribution >= 4 is 35.0 Å². The van der Waals surface area contributed by atoms with E-state index in [-0.39, 0.29) is 18.4 Å².